The number of benzene rings is 4. The number of ether oxygens (including phenoxy) is 6. The molecule has 4 aliphatic rings. The zero-order valence-corrected chi connectivity index (χ0v) is 47.2. The van der Waals surface area contributed by atoms with Crippen molar-refractivity contribution in [2.45, 2.75) is 127 Å². The highest BCUT2D eigenvalue weighted by molar-refractivity contribution is 6.30. The zero-order valence-electron chi connectivity index (χ0n) is 46.4. The lowest BCUT2D eigenvalue weighted by atomic mass is 9.86. The Morgan fingerprint density at radius 3 is 1.27 bits per heavy atom. The number of aliphatic carboxylic acids is 1. The molecule has 1 unspecified atom stereocenters. The number of alkyl carbamates (subject to hydrolysis) is 2. The molecule has 0 heterocycles. The molecule has 0 aromatic heterocycles. The molecule has 3 amide bonds. The molecule has 428 valence electrons. The average molecular weight is 1120 g/mol. The molecule has 4 atom stereocenters. The number of halogens is 1. The van der Waals surface area contributed by atoms with Crippen molar-refractivity contribution in [3.63, 3.8) is 0 Å². The minimum absolute atomic E-state index is 0. The van der Waals surface area contributed by atoms with Crippen LogP contribution in [0.2, 0.25) is 0 Å². The Bertz CT molecular complexity index is 2770. The number of alkyl halides is 1. The largest absolute Gasteiger partial charge is 0.481 e. The molecule has 2 fully saturated rings. The smallest absolute Gasteiger partial charge is 0.407 e. The van der Waals surface area contributed by atoms with Crippen molar-refractivity contribution < 1.29 is 62.3 Å². The van der Waals surface area contributed by atoms with Gasteiger partial charge in [0.05, 0.1) is 44.4 Å². The lowest BCUT2D eigenvalue weighted by Crippen LogP contribution is -2.56. The number of hydrogen-bond acceptors (Lipinski definition) is 13. The van der Waals surface area contributed by atoms with Crippen molar-refractivity contribution in [1.82, 2.24) is 22.1 Å². The number of carbonyl (C=O) groups is 6. The van der Waals surface area contributed by atoms with Crippen LogP contribution in [0.1, 0.15) is 113 Å². The number of carboxylic acids is 1. The van der Waals surface area contributed by atoms with Crippen LogP contribution in [-0.4, -0.2) is 117 Å². The lowest BCUT2D eigenvalue weighted by Gasteiger charge is -2.30. The highest BCUT2D eigenvalue weighted by Crippen LogP contribution is 2.46. The van der Waals surface area contributed by atoms with Gasteiger partial charge in [0, 0.05) is 17.8 Å². The maximum absolute atomic E-state index is 13.0. The van der Waals surface area contributed by atoms with Crippen LogP contribution in [0, 0.1) is 35.5 Å². The quantitative estimate of drug-likeness (QED) is 0.0286. The van der Waals surface area contributed by atoms with Gasteiger partial charge < -0.3 is 55.6 Å². The Morgan fingerprint density at radius 2 is 0.912 bits per heavy atom. The highest BCUT2D eigenvalue weighted by Gasteiger charge is 2.36. The van der Waals surface area contributed by atoms with Crippen LogP contribution in [-0.2, 0) is 47.6 Å². The third-order valence-electron chi connectivity index (χ3n) is 14.7. The van der Waals surface area contributed by atoms with Gasteiger partial charge in [-0.1, -0.05) is 109 Å². The first-order valence-electron chi connectivity index (χ1n) is 26.8. The van der Waals surface area contributed by atoms with Crippen LogP contribution in [0.3, 0.4) is 0 Å². The van der Waals surface area contributed by atoms with Gasteiger partial charge in [0.2, 0.25) is 5.91 Å². The molecule has 8 rings (SSSR count). The summed E-state index contributed by atoms with van der Waals surface area (Å²) in [7, 11) is 2.50. The van der Waals surface area contributed by atoms with Crippen LogP contribution < -0.4 is 22.1 Å². The number of fused-ring (bicyclic) bond motifs is 6. The molecular formula is C62H75ClN4O13. The van der Waals surface area contributed by atoms with E-state index in [1.807, 2.05) is 60.7 Å². The number of amides is 3. The van der Waals surface area contributed by atoms with Gasteiger partial charge in [0.25, 0.3) is 0 Å². The van der Waals surface area contributed by atoms with Gasteiger partial charge in [-0.2, -0.15) is 0 Å². The molecule has 0 spiro atoms. The Hall–Kier alpha value is -7.41. The van der Waals surface area contributed by atoms with Crippen molar-refractivity contribution >= 4 is 47.6 Å². The van der Waals surface area contributed by atoms with Gasteiger partial charge in [-0.25, -0.2) is 14.4 Å². The molecular weight excluding hydrogens is 1040 g/mol. The predicted molar refractivity (Wildman–Crippen MR) is 304 cm³/mol. The molecule has 4 aliphatic carbocycles. The Morgan fingerprint density at radius 1 is 0.550 bits per heavy atom. The minimum Gasteiger partial charge on any atom is -0.481 e. The molecule has 80 heavy (non-hydrogen) atoms. The molecule has 2 saturated carbocycles. The Labute approximate surface area is 474 Å². The van der Waals surface area contributed by atoms with Crippen LogP contribution >= 0.6 is 11.6 Å². The van der Waals surface area contributed by atoms with Gasteiger partial charge in [-0.3, -0.25) is 14.4 Å². The molecule has 17 nitrogen and oxygen atoms in total. The molecule has 4 aromatic carbocycles. The van der Waals surface area contributed by atoms with Crippen LogP contribution in [0.4, 0.5) is 9.59 Å². The highest BCUT2D eigenvalue weighted by atomic mass is 35.5. The normalized spacial score (nSPS) is 18.8. The summed E-state index contributed by atoms with van der Waals surface area (Å²) in [6, 6.07) is 30.0. The summed E-state index contributed by atoms with van der Waals surface area (Å²) >= 11 is 5.94. The van der Waals surface area contributed by atoms with E-state index in [1.165, 1.54) is 14.2 Å². The van der Waals surface area contributed by atoms with Gasteiger partial charge in [-0.15, -0.1) is 23.4 Å². The second-order valence-electron chi connectivity index (χ2n) is 19.7. The molecule has 0 saturated heterocycles. The summed E-state index contributed by atoms with van der Waals surface area (Å²) in [4.78, 5) is 72.5. The van der Waals surface area contributed by atoms with E-state index >= 15 is 0 Å². The van der Waals surface area contributed by atoms with E-state index in [2.05, 4.69) is 80.8 Å². The Balaban J connectivity index is 0.000000246. The van der Waals surface area contributed by atoms with Crippen LogP contribution in [0.15, 0.2) is 97.1 Å². The first kappa shape index (κ1) is 63.4. The van der Waals surface area contributed by atoms with Crippen LogP contribution in [0.25, 0.3) is 22.3 Å². The van der Waals surface area contributed by atoms with Crippen LogP contribution in [0.5, 0.6) is 0 Å². The molecule has 18 heteroatoms. The van der Waals surface area contributed by atoms with Gasteiger partial charge in [0.1, 0.15) is 32.5 Å². The molecule has 0 aliphatic heterocycles. The standard InChI is InChI=1S/C31H36N2O6.C20H20ClNO4.C11H16O3.H3N/c1-4-5-18-38-22-16-14-21(15-17-22)29(34)33-28(30(35)37-3)20(2)32-31(36)39-19-27-25-12-8-6-10-23(25)24-11-7-9-13-26(24)27;1-12(18(21)19(23)25-2)22-20(24)26-11-17-15-9-5-3-7-13(15)14-8-4-6-10-16(14)17;1-2-3-8-14-10-6-4-9(5-7-10)11(12)13;/h6-13,20-22,27-28H,14-19H2,1-3H3,(H,32,36)(H,33,34);3-10,12,17-18H,11H2,1-2H3,(H,22,24);9-10H,4-8H2,1H3,(H,12,13);1H3/t20-,21?,22?,28+;12-,18?;;/m11../s1. The molecule has 0 radical (unpaired) electrons. The van der Waals surface area contributed by atoms with Crippen molar-refractivity contribution in [2.24, 2.45) is 11.8 Å². The van der Waals surface area contributed by atoms with E-state index in [0.717, 1.165) is 83.0 Å². The number of rotatable bonds is 17. The third-order valence-corrected chi connectivity index (χ3v) is 15.3. The maximum atomic E-state index is 13.0. The fourth-order valence-corrected chi connectivity index (χ4v) is 10.5. The lowest BCUT2D eigenvalue weighted by molar-refractivity contribution is -0.146. The van der Waals surface area contributed by atoms with E-state index < -0.39 is 53.6 Å². The predicted octanol–water partition coefficient (Wildman–Crippen LogP) is 9.70. The van der Waals surface area contributed by atoms with Gasteiger partial charge >= 0.3 is 30.1 Å². The number of carboxylic acid groups (broad SMARTS) is 1. The number of hydrogen-bond donors (Lipinski definition) is 5. The summed E-state index contributed by atoms with van der Waals surface area (Å²) in [5.41, 5.74) is 9.10. The maximum Gasteiger partial charge on any atom is 0.407 e. The second-order valence-corrected chi connectivity index (χ2v) is 20.2. The van der Waals surface area contributed by atoms with Gasteiger partial charge in [0.15, 0.2) is 5.38 Å². The van der Waals surface area contributed by atoms with Crippen molar-refractivity contribution in [3.8, 4) is 45.9 Å². The van der Waals surface area contributed by atoms with E-state index in [0.29, 0.717) is 26.1 Å². The topological polar surface area (TPSA) is 249 Å². The third kappa shape index (κ3) is 17.3. The summed E-state index contributed by atoms with van der Waals surface area (Å²) in [6.45, 7) is 8.03. The van der Waals surface area contributed by atoms with E-state index in [-0.39, 0.29) is 61.2 Å². The monoisotopic (exact) mass is 1120 g/mol. The van der Waals surface area contributed by atoms with Crippen molar-refractivity contribution in [3.05, 3.63) is 119 Å². The minimum atomic E-state index is -1.04. The molecule has 7 N–H and O–H groups in total. The average Bonchev–Trinajstić information content (AvgIpc) is 4.05. The first-order chi connectivity index (χ1) is 38.2. The van der Waals surface area contributed by atoms with Gasteiger partial charge in [-0.05, 0) is 124 Å². The van der Waals surface area contributed by atoms with Crippen molar-refractivity contribution in [1.29, 1.82) is 0 Å². The van der Waals surface area contributed by atoms with Crippen molar-refractivity contribution in [2.75, 3.05) is 40.6 Å². The number of methoxy groups -OCH3 is 2. The summed E-state index contributed by atoms with van der Waals surface area (Å²) in [5.74, 6) is 8.66. The SMILES string of the molecule is CC#CCOC1CCC(C(=O)N[C@H](C(=O)OC)[C@@H](C)NC(=O)OCC2c3ccccc3-c3ccccc32)CC1.CC#CCOC1CCC(C(=O)O)CC1.COC(=O)C(Cl)[C@@H](C)NC(=O)OCC1c2ccccc2-c2ccccc21.N. The number of carbonyl (C=O) groups excluding carboxylic acids is 5. The first-order valence-corrected chi connectivity index (χ1v) is 27.2. The second kappa shape index (κ2) is 32.0. The molecule has 4 aromatic rings. The molecule has 0 bridgehead atoms. The summed E-state index contributed by atoms with van der Waals surface area (Å²) < 4.78 is 31.7. The summed E-state index contributed by atoms with van der Waals surface area (Å²) in [5, 5.41) is 15.9. The fraction of sp³-hybridized carbons (Fsp3) is 0.452. The number of nitrogens with one attached hydrogen (secondary N) is 3. The zero-order chi connectivity index (χ0) is 56.8. The van der Waals surface area contributed by atoms with E-state index in [4.69, 9.17) is 40.4 Å². The van der Waals surface area contributed by atoms with E-state index in [1.54, 1.807) is 27.7 Å². The fourth-order valence-electron chi connectivity index (χ4n) is 10.3. The summed E-state index contributed by atoms with van der Waals surface area (Å²) in [6.07, 6.45) is 4.99. The van der Waals surface area contributed by atoms with E-state index in [9.17, 15) is 28.8 Å². The Kier molecular flexibility index (Phi) is 25.4. The number of esters is 2.